The zero-order valence-electron chi connectivity index (χ0n) is 13.2. The van der Waals surface area contributed by atoms with Crippen molar-refractivity contribution < 1.29 is 22.0 Å². The number of halogens is 3. The summed E-state index contributed by atoms with van der Waals surface area (Å²) in [4.78, 5) is 12.0. The molecule has 134 valence electrons. The summed E-state index contributed by atoms with van der Waals surface area (Å²) < 4.78 is 52.1. The second-order valence-corrected chi connectivity index (χ2v) is 7.51. The molecule has 0 saturated carbocycles. The van der Waals surface area contributed by atoms with E-state index >= 15 is 0 Å². The van der Waals surface area contributed by atoms with Gasteiger partial charge in [-0.2, -0.15) is 0 Å². The van der Waals surface area contributed by atoms with Crippen LogP contribution in [-0.4, -0.2) is 33.7 Å². The molecule has 5 nitrogen and oxygen atoms in total. The number of nitrogens with one attached hydrogen (secondary N) is 1. The predicted molar refractivity (Wildman–Crippen MR) is 92.3 cm³/mol. The second-order valence-electron chi connectivity index (χ2n) is 5.17. The van der Waals surface area contributed by atoms with Gasteiger partial charge in [-0.25, -0.2) is 17.2 Å². The van der Waals surface area contributed by atoms with Crippen molar-refractivity contribution in [3.63, 3.8) is 0 Å². The van der Waals surface area contributed by atoms with E-state index in [1.807, 2.05) is 0 Å². The molecule has 1 N–H and O–H groups in total. The lowest BCUT2D eigenvalue weighted by atomic mass is 10.2. The molecule has 0 spiro atoms. The Morgan fingerprint density at radius 3 is 2.20 bits per heavy atom. The van der Waals surface area contributed by atoms with E-state index in [1.165, 1.54) is 24.3 Å². The average molecular weight is 389 g/mol. The number of hydrogen-bond donors (Lipinski definition) is 1. The van der Waals surface area contributed by atoms with Gasteiger partial charge in [0.1, 0.15) is 5.69 Å². The molecule has 0 bridgehead atoms. The largest absolute Gasteiger partial charge is 0.350 e. The zero-order valence-corrected chi connectivity index (χ0v) is 14.7. The van der Waals surface area contributed by atoms with Crippen LogP contribution in [0, 0.1) is 11.6 Å². The number of benzene rings is 2. The minimum Gasteiger partial charge on any atom is -0.350 e. The lowest BCUT2D eigenvalue weighted by Gasteiger charge is -2.23. The Kier molecular flexibility index (Phi) is 5.97. The Balaban J connectivity index is 2.12. The van der Waals surface area contributed by atoms with E-state index in [0.29, 0.717) is 14.9 Å². The third kappa shape index (κ3) is 4.90. The van der Waals surface area contributed by atoms with Crippen LogP contribution in [0.1, 0.15) is 10.4 Å². The molecule has 2 aromatic rings. The van der Waals surface area contributed by atoms with Crippen molar-refractivity contribution in [2.45, 2.75) is 0 Å². The van der Waals surface area contributed by atoms with E-state index < -0.39 is 33.3 Å². The second kappa shape index (κ2) is 7.79. The number of para-hydroxylation sites is 1. The molecule has 2 rings (SSSR count). The molecule has 0 aliphatic rings. The first-order valence-electron chi connectivity index (χ1n) is 7.15. The summed E-state index contributed by atoms with van der Waals surface area (Å²) in [6.07, 6.45) is 0.833. The Labute approximate surface area is 149 Å². The first-order valence-corrected chi connectivity index (χ1v) is 9.38. The van der Waals surface area contributed by atoms with Gasteiger partial charge < -0.3 is 5.32 Å². The van der Waals surface area contributed by atoms with E-state index in [9.17, 15) is 22.0 Å². The van der Waals surface area contributed by atoms with Crippen molar-refractivity contribution in [2.75, 3.05) is 23.7 Å². The quantitative estimate of drug-likeness (QED) is 0.827. The fourth-order valence-electron chi connectivity index (χ4n) is 2.15. The lowest BCUT2D eigenvalue weighted by Crippen LogP contribution is -2.39. The maximum Gasteiger partial charge on any atom is 0.251 e. The SMILES string of the molecule is CS(=O)(=O)N(CCNC(=O)c1ccc(Cl)cc1)c1c(F)cccc1F. The zero-order chi connectivity index (χ0) is 18.6. The van der Waals surface area contributed by atoms with E-state index in [2.05, 4.69) is 5.32 Å². The molecule has 0 saturated heterocycles. The molecule has 9 heteroatoms. The summed E-state index contributed by atoms with van der Waals surface area (Å²) in [5.41, 5.74) is -0.349. The first kappa shape index (κ1) is 19.1. The van der Waals surface area contributed by atoms with Gasteiger partial charge in [0.05, 0.1) is 12.8 Å². The Morgan fingerprint density at radius 2 is 1.68 bits per heavy atom. The van der Waals surface area contributed by atoms with E-state index in [1.54, 1.807) is 0 Å². The number of carbonyl (C=O) groups is 1. The van der Waals surface area contributed by atoms with Crippen LogP contribution in [0.3, 0.4) is 0 Å². The summed E-state index contributed by atoms with van der Waals surface area (Å²) >= 11 is 5.73. The highest BCUT2D eigenvalue weighted by molar-refractivity contribution is 7.92. The summed E-state index contributed by atoms with van der Waals surface area (Å²) in [6.45, 7) is -0.460. The Morgan fingerprint density at radius 1 is 1.12 bits per heavy atom. The van der Waals surface area contributed by atoms with E-state index in [4.69, 9.17) is 11.6 Å². The fourth-order valence-corrected chi connectivity index (χ4v) is 3.20. The van der Waals surface area contributed by atoms with Gasteiger partial charge in [-0.3, -0.25) is 9.10 Å². The number of anilines is 1. The standard InChI is InChI=1S/C16H15ClF2N2O3S/c1-25(23,24)21(15-13(18)3-2-4-14(15)19)10-9-20-16(22)11-5-7-12(17)8-6-11/h2-8H,9-10H2,1H3,(H,20,22). The van der Waals surface area contributed by atoms with Crippen LogP contribution in [0.4, 0.5) is 14.5 Å². The van der Waals surface area contributed by atoms with Gasteiger partial charge in [0.15, 0.2) is 11.6 Å². The van der Waals surface area contributed by atoms with Gasteiger partial charge in [-0.05, 0) is 36.4 Å². The summed E-state index contributed by atoms with van der Waals surface area (Å²) in [6, 6.07) is 9.13. The van der Waals surface area contributed by atoms with Gasteiger partial charge in [0.2, 0.25) is 10.0 Å². The van der Waals surface area contributed by atoms with Crippen molar-refractivity contribution in [3.8, 4) is 0 Å². The number of amides is 1. The molecule has 0 unspecified atom stereocenters. The van der Waals surface area contributed by atoms with Crippen LogP contribution in [0.15, 0.2) is 42.5 Å². The normalized spacial score (nSPS) is 11.2. The van der Waals surface area contributed by atoms with Crippen LogP contribution in [0.5, 0.6) is 0 Å². The molecule has 0 aliphatic heterocycles. The molecule has 0 aromatic heterocycles. The molecule has 1 amide bonds. The summed E-state index contributed by atoms with van der Waals surface area (Å²) in [5, 5.41) is 2.96. The number of carbonyl (C=O) groups excluding carboxylic acids is 1. The number of sulfonamides is 1. The van der Waals surface area contributed by atoms with Gasteiger partial charge in [0, 0.05) is 17.1 Å². The number of nitrogens with zero attached hydrogens (tertiary/aromatic N) is 1. The van der Waals surface area contributed by atoms with E-state index in [0.717, 1.165) is 24.5 Å². The van der Waals surface area contributed by atoms with E-state index in [-0.39, 0.29) is 13.1 Å². The average Bonchev–Trinajstić information content (AvgIpc) is 2.52. The van der Waals surface area contributed by atoms with Crippen molar-refractivity contribution >= 4 is 33.2 Å². The molecule has 0 aliphatic carbocycles. The highest BCUT2D eigenvalue weighted by Crippen LogP contribution is 2.25. The van der Waals surface area contributed by atoms with Crippen LogP contribution in [-0.2, 0) is 10.0 Å². The summed E-state index contributed by atoms with van der Waals surface area (Å²) in [7, 11) is -3.95. The minimum atomic E-state index is -3.95. The monoisotopic (exact) mass is 388 g/mol. The first-order chi connectivity index (χ1) is 11.7. The highest BCUT2D eigenvalue weighted by atomic mass is 35.5. The topological polar surface area (TPSA) is 66.5 Å². The fraction of sp³-hybridized carbons (Fsp3) is 0.188. The third-order valence-corrected chi connectivity index (χ3v) is 4.71. The molecule has 0 atom stereocenters. The van der Waals surface area contributed by atoms with Gasteiger partial charge >= 0.3 is 0 Å². The number of rotatable bonds is 6. The molecule has 0 heterocycles. The number of hydrogen-bond acceptors (Lipinski definition) is 3. The Bertz CT molecular complexity index is 853. The van der Waals surface area contributed by atoms with Crippen molar-refractivity contribution in [3.05, 3.63) is 64.7 Å². The van der Waals surface area contributed by atoms with Crippen LogP contribution < -0.4 is 9.62 Å². The maximum absolute atomic E-state index is 13.9. The third-order valence-electron chi connectivity index (χ3n) is 3.29. The van der Waals surface area contributed by atoms with Crippen molar-refractivity contribution in [2.24, 2.45) is 0 Å². The molecular weight excluding hydrogens is 374 g/mol. The molecule has 2 aromatic carbocycles. The van der Waals surface area contributed by atoms with Crippen LogP contribution >= 0.6 is 11.6 Å². The van der Waals surface area contributed by atoms with Gasteiger partial charge in [-0.15, -0.1) is 0 Å². The van der Waals surface area contributed by atoms with Gasteiger partial charge in [-0.1, -0.05) is 17.7 Å². The summed E-state index contributed by atoms with van der Waals surface area (Å²) in [5.74, 6) is -2.47. The van der Waals surface area contributed by atoms with Crippen LogP contribution in [0.25, 0.3) is 0 Å². The Hall–Kier alpha value is -2.19. The maximum atomic E-state index is 13.9. The molecule has 25 heavy (non-hydrogen) atoms. The van der Waals surface area contributed by atoms with Crippen molar-refractivity contribution in [1.82, 2.24) is 5.32 Å². The van der Waals surface area contributed by atoms with Crippen molar-refractivity contribution in [1.29, 1.82) is 0 Å². The lowest BCUT2D eigenvalue weighted by molar-refractivity contribution is 0.0955. The smallest absolute Gasteiger partial charge is 0.251 e. The minimum absolute atomic E-state index is 0.137. The highest BCUT2D eigenvalue weighted by Gasteiger charge is 2.24. The molecular formula is C16H15ClF2N2O3S. The van der Waals surface area contributed by atoms with Gasteiger partial charge in [0.25, 0.3) is 5.91 Å². The van der Waals surface area contributed by atoms with Crippen LogP contribution in [0.2, 0.25) is 5.02 Å². The molecule has 0 fully saturated rings. The predicted octanol–water partition coefficient (Wildman–Crippen LogP) is 2.81. The molecule has 0 radical (unpaired) electrons.